The fraction of sp³-hybridized carbons (Fsp3) is 0.833. The van der Waals surface area contributed by atoms with Crippen LogP contribution in [0.5, 0.6) is 0 Å². The lowest BCUT2D eigenvalue weighted by molar-refractivity contribution is -0.250. The van der Waals surface area contributed by atoms with E-state index in [0.29, 0.717) is 32.1 Å². The molecule has 4 fully saturated rings. The molecule has 5 aliphatic rings. The van der Waals surface area contributed by atoms with Crippen molar-refractivity contribution < 1.29 is 28.6 Å². The van der Waals surface area contributed by atoms with Crippen LogP contribution in [-0.2, 0) is 19.1 Å². The first-order chi connectivity index (χ1) is 14.4. The first-order valence-corrected chi connectivity index (χ1v) is 12.0. The Morgan fingerprint density at radius 3 is 2.65 bits per heavy atom. The Hall–Kier alpha value is -0.820. The number of carbonyl (C=O) groups is 2. The van der Waals surface area contributed by atoms with Gasteiger partial charge in [-0.15, -0.1) is 11.6 Å². The van der Waals surface area contributed by atoms with Crippen molar-refractivity contribution in [2.75, 3.05) is 5.88 Å². The van der Waals surface area contributed by atoms with Gasteiger partial charge < -0.3 is 14.6 Å². The number of Topliss-reactive ketones (excluding diaryl/α,β-unsaturated/α-hetero) is 1. The topological polar surface area (TPSA) is 72.8 Å². The third-order valence-electron chi connectivity index (χ3n) is 9.57. The van der Waals surface area contributed by atoms with Crippen molar-refractivity contribution in [2.45, 2.75) is 95.5 Å². The number of alkyl halides is 2. The third-order valence-corrected chi connectivity index (χ3v) is 9.81. The zero-order valence-corrected chi connectivity index (χ0v) is 19.4. The maximum atomic E-state index is 17.2. The van der Waals surface area contributed by atoms with Gasteiger partial charge in [0.25, 0.3) is 0 Å². The lowest BCUT2D eigenvalue weighted by Gasteiger charge is -2.63. The van der Waals surface area contributed by atoms with E-state index in [-0.39, 0.29) is 29.8 Å². The minimum absolute atomic E-state index is 0.0377. The van der Waals surface area contributed by atoms with Gasteiger partial charge >= 0.3 is 0 Å². The van der Waals surface area contributed by atoms with Crippen LogP contribution in [0, 0.1) is 22.7 Å². The Labute approximate surface area is 187 Å². The number of hydrogen-bond acceptors (Lipinski definition) is 5. The second-order valence-electron chi connectivity index (χ2n) is 11.3. The normalized spacial score (nSPS) is 52.6. The van der Waals surface area contributed by atoms with Crippen LogP contribution < -0.4 is 0 Å². The van der Waals surface area contributed by atoms with E-state index in [1.165, 1.54) is 0 Å². The van der Waals surface area contributed by atoms with E-state index in [1.807, 2.05) is 13.8 Å². The van der Waals surface area contributed by atoms with Crippen LogP contribution in [0.1, 0.15) is 66.2 Å². The van der Waals surface area contributed by atoms with Crippen molar-refractivity contribution in [1.82, 2.24) is 0 Å². The maximum Gasteiger partial charge on any atom is 0.182 e. The van der Waals surface area contributed by atoms with E-state index in [4.69, 9.17) is 21.1 Å². The summed E-state index contributed by atoms with van der Waals surface area (Å²) in [6, 6.07) is 0. The molecule has 1 aliphatic heterocycles. The smallest absolute Gasteiger partial charge is 0.182 e. The predicted octanol–water partition coefficient (Wildman–Crippen LogP) is 3.89. The van der Waals surface area contributed by atoms with Gasteiger partial charge in [-0.3, -0.25) is 9.59 Å². The molecule has 0 spiro atoms. The van der Waals surface area contributed by atoms with E-state index < -0.39 is 46.0 Å². The number of halogens is 2. The van der Waals surface area contributed by atoms with Crippen LogP contribution in [0.4, 0.5) is 4.39 Å². The van der Waals surface area contributed by atoms with E-state index in [2.05, 4.69) is 0 Å². The lowest BCUT2D eigenvalue weighted by atomic mass is 9.44. The molecule has 0 bridgehead atoms. The molecule has 1 heterocycles. The van der Waals surface area contributed by atoms with Crippen molar-refractivity contribution >= 4 is 23.2 Å². The van der Waals surface area contributed by atoms with Gasteiger partial charge in [0.05, 0.1) is 18.1 Å². The highest BCUT2D eigenvalue weighted by Gasteiger charge is 2.80. The standard InChI is InChI=1S/C24H32ClFO5/c1-20(2)30-19-10-16-15-6-5-13-9-14(27)7-8-21(13,3)23(15,26)17(28)11-22(16,4)24(19,31-20)18(29)12-25/h9,15-17,19,28H,5-8,10-12H2,1-4H3/t15-,16-,17?,19?,21-,22-,23?,24+/m0/s1. The Morgan fingerprint density at radius 1 is 1.26 bits per heavy atom. The summed E-state index contributed by atoms with van der Waals surface area (Å²) >= 11 is 6.05. The van der Waals surface area contributed by atoms with Crippen LogP contribution in [-0.4, -0.2) is 51.8 Å². The molecule has 0 aromatic rings. The van der Waals surface area contributed by atoms with Gasteiger partial charge in [0.15, 0.2) is 23.0 Å². The highest BCUT2D eigenvalue weighted by atomic mass is 35.5. The fourth-order valence-electron chi connectivity index (χ4n) is 8.27. The van der Waals surface area contributed by atoms with Crippen LogP contribution in [0.25, 0.3) is 0 Å². The summed E-state index contributed by atoms with van der Waals surface area (Å²) in [7, 11) is 0. The zero-order valence-electron chi connectivity index (χ0n) is 18.7. The van der Waals surface area contributed by atoms with Gasteiger partial charge in [0.2, 0.25) is 0 Å². The summed E-state index contributed by atoms with van der Waals surface area (Å²) in [6.07, 6.45) is 2.28. The first kappa shape index (κ1) is 22.0. The number of carbonyl (C=O) groups excluding carboxylic acids is 2. The largest absolute Gasteiger partial charge is 0.390 e. The van der Waals surface area contributed by atoms with Gasteiger partial charge in [-0.25, -0.2) is 4.39 Å². The lowest BCUT2D eigenvalue weighted by Crippen LogP contribution is -2.70. The number of hydrogen-bond donors (Lipinski definition) is 1. The molecule has 8 atom stereocenters. The van der Waals surface area contributed by atoms with Crippen LogP contribution in [0.3, 0.4) is 0 Å². The minimum Gasteiger partial charge on any atom is -0.390 e. The molecule has 31 heavy (non-hydrogen) atoms. The van der Waals surface area contributed by atoms with Gasteiger partial charge in [0, 0.05) is 23.2 Å². The van der Waals surface area contributed by atoms with Crippen molar-refractivity contribution in [3.8, 4) is 0 Å². The predicted molar refractivity (Wildman–Crippen MR) is 112 cm³/mol. The summed E-state index contributed by atoms with van der Waals surface area (Å²) in [6.45, 7) is 7.38. The second kappa shape index (κ2) is 6.40. The Bertz CT molecular complexity index is 887. The SMILES string of the molecule is CC1(C)OC2C[C@H]3[C@@H]4CCC5=CC(=O)CC[C@]5(C)C4(F)C(O)C[C@]3(C)[C@]2(C(=O)CCl)O1. The molecule has 1 saturated heterocycles. The fourth-order valence-corrected chi connectivity index (χ4v) is 8.47. The van der Waals surface area contributed by atoms with Gasteiger partial charge in [-0.2, -0.15) is 0 Å². The average Bonchev–Trinajstić information content (AvgIpc) is 3.09. The minimum atomic E-state index is -1.86. The molecule has 5 rings (SSSR count). The van der Waals surface area contributed by atoms with E-state index in [0.717, 1.165) is 5.57 Å². The van der Waals surface area contributed by atoms with Gasteiger partial charge in [-0.05, 0) is 57.9 Å². The molecule has 1 N–H and O–H groups in total. The second-order valence-corrected chi connectivity index (χ2v) is 11.5. The molecule has 3 unspecified atom stereocenters. The molecular weight excluding hydrogens is 423 g/mol. The molecule has 3 saturated carbocycles. The summed E-state index contributed by atoms with van der Waals surface area (Å²) in [5, 5.41) is 11.4. The summed E-state index contributed by atoms with van der Waals surface area (Å²) < 4.78 is 29.7. The third kappa shape index (κ3) is 2.43. The molecule has 4 aliphatic carbocycles. The Kier molecular flexibility index (Phi) is 4.54. The Balaban J connectivity index is 1.63. The highest BCUT2D eigenvalue weighted by molar-refractivity contribution is 6.29. The number of ketones is 2. The van der Waals surface area contributed by atoms with E-state index in [9.17, 15) is 14.7 Å². The zero-order chi connectivity index (χ0) is 22.6. The quantitative estimate of drug-likeness (QED) is 0.641. The van der Waals surface area contributed by atoms with Crippen LogP contribution in [0.15, 0.2) is 11.6 Å². The van der Waals surface area contributed by atoms with Gasteiger partial charge in [-0.1, -0.05) is 19.4 Å². The number of rotatable bonds is 2. The number of fused-ring (bicyclic) bond motifs is 7. The molecular formula is C24H32ClFO5. The maximum absolute atomic E-state index is 17.2. The number of aliphatic hydroxyl groups is 1. The van der Waals surface area contributed by atoms with E-state index >= 15 is 4.39 Å². The van der Waals surface area contributed by atoms with Crippen molar-refractivity contribution in [2.24, 2.45) is 22.7 Å². The molecule has 0 radical (unpaired) electrons. The molecule has 172 valence electrons. The summed E-state index contributed by atoms with van der Waals surface area (Å²) in [5.74, 6) is -2.02. The van der Waals surface area contributed by atoms with Crippen LogP contribution in [0.2, 0.25) is 0 Å². The van der Waals surface area contributed by atoms with Gasteiger partial charge in [0.1, 0.15) is 5.67 Å². The molecule has 7 heteroatoms. The highest BCUT2D eigenvalue weighted by Crippen LogP contribution is 2.72. The monoisotopic (exact) mass is 454 g/mol. The molecule has 5 nitrogen and oxygen atoms in total. The number of aliphatic hydroxyl groups excluding tert-OH is 1. The molecule has 0 aromatic carbocycles. The van der Waals surface area contributed by atoms with Crippen molar-refractivity contribution in [1.29, 1.82) is 0 Å². The first-order valence-electron chi connectivity index (χ1n) is 11.4. The summed E-state index contributed by atoms with van der Waals surface area (Å²) in [5.41, 5.74) is -4.00. The Morgan fingerprint density at radius 2 is 1.97 bits per heavy atom. The average molecular weight is 455 g/mol. The van der Waals surface area contributed by atoms with Crippen molar-refractivity contribution in [3.05, 3.63) is 11.6 Å². The van der Waals surface area contributed by atoms with Crippen LogP contribution >= 0.6 is 11.6 Å². The van der Waals surface area contributed by atoms with E-state index in [1.54, 1.807) is 19.9 Å². The number of allylic oxidation sites excluding steroid dienone is 1. The number of ether oxygens (including phenoxy) is 2. The summed E-state index contributed by atoms with van der Waals surface area (Å²) in [4.78, 5) is 25.3. The molecule has 0 aromatic heterocycles. The molecule has 0 amide bonds. The van der Waals surface area contributed by atoms with Crippen molar-refractivity contribution in [3.63, 3.8) is 0 Å².